The van der Waals surface area contributed by atoms with E-state index in [0.29, 0.717) is 0 Å². The van der Waals surface area contributed by atoms with Crippen molar-refractivity contribution in [3.63, 3.8) is 0 Å². The smallest absolute Gasteiger partial charge is 0.395 e. The predicted octanol–water partition coefficient (Wildman–Crippen LogP) is 3.08. The van der Waals surface area contributed by atoms with Gasteiger partial charge < -0.3 is 5.11 Å². The van der Waals surface area contributed by atoms with Crippen LogP contribution in [0.5, 0.6) is 0 Å². The van der Waals surface area contributed by atoms with Crippen molar-refractivity contribution in [2.75, 3.05) is 0 Å². The second-order valence-corrected chi connectivity index (χ2v) is 3.52. The lowest BCUT2D eigenvalue weighted by molar-refractivity contribution is -0.265. The molecule has 1 atom stereocenters. The highest BCUT2D eigenvalue weighted by atomic mass is 35.5. The third-order valence-corrected chi connectivity index (χ3v) is 2.13. The van der Waals surface area contributed by atoms with E-state index in [2.05, 4.69) is 23.2 Å². The minimum atomic E-state index is -6.30. The van der Waals surface area contributed by atoms with Crippen molar-refractivity contribution in [1.82, 2.24) is 0 Å². The van der Waals surface area contributed by atoms with Crippen molar-refractivity contribution in [3.05, 3.63) is 0 Å². The molecule has 16 heavy (non-hydrogen) atoms. The van der Waals surface area contributed by atoms with Crippen LogP contribution >= 0.6 is 23.2 Å². The van der Waals surface area contributed by atoms with Gasteiger partial charge in [-0.25, -0.2) is 9.18 Å². The van der Waals surface area contributed by atoms with Crippen LogP contribution in [0.25, 0.3) is 0 Å². The van der Waals surface area contributed by atoms with Gasteiger partial charge in [-0.15, -0.1) is 0 Å². The lowest BCUT2D eigenvalue weighted by atomic mass is 10.1. The fourth-order valence-corrected chi connectivity index (χ4v) is 0.888. The topological polar surface area (TPSA) is 37.3 Å². The van der Waals surface area contributed by atoms with Crippen LogP contribution in [0.1, 0.15) is 0 Å². The molecule has 0 radical (unpaired) electrons. The molecule has 0 aliphatic heterocycles. The van der Waals surface area contributed by atoms with Gasteiger partial charge >= 0.3 is 28.3 Å². The Kier molecular flexibility index (Phi) is 3.69. The first-order valence-corrected chi connectivity index (χ1v) is 3.88. The summed E-state index contributed by atoms with van der Waals surface area (Å²) in [4.78, 5) is 9.75. The van der Waals surface area contributed by atoms with Crippen LogP contribution in [-0.2, 0) is 4.79 Å². The fourth-order valence-electron chi connectivity index (χ4n) is 0.509. The number of aliphatic carboxylic acids is 1. The molecule has 0 amide bonds. The summed E-state index contributed by atoms with van der Waals surface area (Å²) in [7, 11) is 0. The van der Waals surface area contributed by atoms with Crippen molar-refractivity contribution in [2.24, 2.45) is 0 Å². The Morgan fingerprint density at radius 3 is 1.44 bits per heavy atom. The van der Waals surface area contributed by atoms with Gasteiger partial charge in [-0.2, -0.15) is 26.3 Å². The SMILES string of the molecule is O=C(O)C(F)(F)C(F)(Cl)C(F)(F)C(F)(F)Cl. The summed E-state index contributed by atoms with van der Waals surface area (Å²) in [5.74, 6) is -15.7. The molecule has 0 aliphatic rings. The summed E-state index contributed by atoms with van der Waals surface area (Å²) >= 11 is 7.57. The first-order valence-electron chi connectivity index (χ1n) is 3.13. The van der Waals surface area contributed by atoms with Gasteiger partial charge in [0.05, 0.1) is 0 Å². The van der Waals surface area contributed by atoms with Gasteiger partial charge in [-0.05, 0) is 11.6 Å². The molecule has 0 aromatic rings. The average Bonchev–Trinajstić information content (AvgIpc) is 2.00. The number of carboxylic acid groups (broad SMARTS) is 1. The van der Waals surface area contributed by atoms with Crippen molar-refractivity contribution in [2.45, 2.75) is 22.4 Å². The van der Waals surface area contributed by atoms with Crippen LogP contribution in [0.4, 0.5) is 30.7 Å². The normalized spacial score (nSPS) is 18.1. The highest BCUT2D eigenvalue weighted by Gasteiger charge is 2.81. The van der Waals surface area contributed by atoms with E-state index < -0.39 is 28.3 Å². The third-order valence-electron chi connectivity index (χ3n) is 1.41. The van der Waals surface area contributed by atoms with Gasteiger partial charge in [0.15, 0.2) is 0 Å². The molecule has 0 aliphatic carbocycles. The molecule has 0 spiro atoms. The van der Waals surface area contributed by atoms with Crippen LogP contribution < -0.4 is 0 Å². The van der Waals surface area contributed by atoms with E-state index in [1.54, 1.807) is 0 Å². The lowest BCUT2D eigenvalue weighted by Crippen LogP contribution is -2.62. The summed E-state index contributed by atoms with van der Waals surface area (Å²) in [6, 6.07) is 0. The second-order valence-electron chi connectivity index (χ2n) is 2.53. The Hall–Kier alpha value is -0.440. The van der Waals surface area contributed by atoms with Crippen molar-refractivity contribution in [1.29, 1.82) is 0 Å². The average molecular weight is 297 g/mol. The Bertz CT molecular complexity index is 298. The van der Waals surface area contributed by atoms with E-state index in [9.17, 15) is 35.5 Å². The fraction of sp³-hybridized carbons (Fsp3) is 0.800. The zero-order chi connectivity index (χ0) is 13.6. The molecule has 2 nitrogen and oxygen atoms in total. The Labute approximate surface area is 92.9 Å². The predicted molar refractivity (Wildman–Crippen MR) is 38.0 cm³/mol. The van der Waals surface area contributed by atoms with Crippen LogP contribution in [-0.4, -0.2) is 33.4 Å². The maximum absolute atomic E-state index is 12.7. The van der Waals surface area contributed by atoms with Crippen LogP contribution in [0.3, 0.4) is 0 Å². The number of hydrogen-bond acceptors (Lipinski definition) is 1. The Morgan fingerprint density at radius 1 is 0.938 bits per heavy atom. The van der Waals surface area contributed by atoms with Gasteiger partial charge in [0, 0.05) is 0 Å². The van der Waals surface area contributed by atoms with Gasteiger partial charge in [-0.1, -0.05) is 11.6 Å². The molecule has 0 heterocycles. The number of carbonyl (C=O) groups is 1. The lowest BCUT2D eigenvalue weighted by Gasteiger charge is -2.33. The summed E-state index contributed by atoms with van der Waals surface area (Å²) in [5.41, 5.74) is 0. The van der Waals surface area contributed by atoms with Crippen LogP contribution in [0.15, 0.2) is 0 Å². The van der Waals surface area contributed by atoms with Gasteiger partial charge in [-0.3, -0.25) is 0 Å². The van der Waals surface area contributed by atoms with Crippen molar-refractivity contribution in [3.8, 4) is 0 Å². The zero-order valence-corrected chi connectivity index (χ0v) is 8.27. The molecule has 96 valence electrons. The molecule has 1 N–H and O–H groups in total. The Morgan fingerprint density at radius 2 is 1.25 bits per heavy atom. The van der Waals surface area contributed by atoms with Gasteiger partial charge in [0.1, 0.15) is 0 Å². The zero-order valence-electron chi connectivity index (χ0n) is 6.76. The maximum atomic E-state index is 12.7. The summed E-state index contributed by atoms with van der Waals surface area (Å²) in [6.45, 7) is 0. The molecule has 0 saturated heterocycles. The molecule has 0 bridgehead atoms. The molecule has 0 saturated carbocycles. The quantitative estimate of drug-likeness (QED) is 0.639. The number of halogens is 9. The Balaban J connectivity index is 5.62. The minimum absolute atomic E-state index is 3.44. The van der Waals surface area contributed by atoms with E-state index in [0.717, 1.165) is 0 Å². The minimum Gasteiger partial charge on any atom is -0.477 e. The highest BCUT2D eigenvalue weighted by Crippen LogP contribution is 2.55. The summed E-state index contributed by atoms with van der Waals surface area (Å²) < 4.78 is 86.2. The number of hydrogen-bond donors (Lipinski definition) is 1. The van der Waals surface area contributed by atoms with Gasteiger partial charge in [0.25, 0.3) is 0 Å². The molecule has 0 fully saturated rings. The standard InChI is InChI=1S/C5HCl2F7O2/c6-3(10,2(8,9)1(15)16)4(11,12)5(7,13)14/h(H,15,16). The molecule has 11 heteroatoms. The van der Waals surface area contributed by atoms with Crippen molar-refractivity contribution >= 4 is 29.2 Å². The molecule has 0 aromatic heterocycles. The van der Waals surface area contributed by atoms with E-state index in [1.807, 2.05) is 0 Å². The molecule has 1 unspecified atom stereocenters. The van der Waals surface area contributed by atoms with Crippen LogP contribution in [0.2, 0.25) is 0 Å². The molecular formula is C5HCl2F7O2. The third kappa shape index (κ3) is 2.02. The summed E-state index contributed by atoms with van der Waals surface area (Å²) in [5, 5.41) is -3.96. The van der Waals surface area contributed by atoms with E-state index >= 15 is 0 Å². The van der Waals surface area contributed by atoms with Gasteiger partial charge in [0.2, 0.25) is 0 Å². The molecule has 0 rings (SSSR count). The first-order chi connectivity index (χ1) is 6.69. The second kappa shape index (κ2) is 3.80. The number of alkyl halides is 9. The van der Waals surface area contributed by atoms with Crippen LogP contribution in [0, 0.1) is 0 Å². The number of carboxylic acids is 1. The van der Waals surface area contributed by atoms with Crippen molar-refractivity contribution < 1.29 is 40.6 Å². The number of rotatable bonds is 4. The molecular weight excluding hydrogens is 296 g/mol. The monoisotopic (exact) mass is 296 g/mol. The maximum Gasteiger partial charge on any atom is 0.395 e. The molecule has 0 aromatic carbocycles. The van der Waals surface area contributed by atoms with E-state index in [1.165, 1.54) is 0 Å². The first kappa shape index (κ1) is 15.6. The summed E-state index contributed by atoms with van der Waals surface area (Å²) in [6.07, 6.45) is 0. The largest absolute Gasteiger partial charge is 0.477 e. The van der Waals surface area contributed by atoms with E-state index in [4.69, 9.17) is 5.11 Å². The highest BCUT2D eigenvalue weighted by molar-refractivity contribution is 6.28. The van der Waals surface area contributed by atoms with E-state index in [-0.39, 0.29) is 0 Å².